The molecule has 4 aliphatic heterocycles. The number of urea groups is 1. The normalized spacial score (nSPS) is 17.9. The summed E-state index contributed by atoms with van der Waals surface area (Å²) in [7, 11) is 3.06. The van der Waals surface area contributed by atoms with E-state index in [-0.39, 0.29) is 17.3 Å². The Morgan fingerprint density at radius 2 is 1.37 bits per heavy atom. The summed E-state index contributed by atoms with van der Waals surface area (Å²) in [6.07, 6.45) is -5.54. The molecule has 2 fully saturated rings. The molecule has 11 nitrogen and oxygen atoms in total. The molecule has 2 amide bonds. The first-order valence-electron chi connectivity index (χ1n) is 18.1. The molecule has 17 heteroatoms. The number of halogens is 6. The lowest BCUT2D eigenvalue weighted by molar-refractivity contribution is -0.138. The minimum absolute atomic E-state index is 0.129. The zero-order chi connectivity index (χ0) is 40.1. The van der Waals surface area contributed by atoms with Crippen LogP contribution >= 0.6 is 0 Å². The van der Waals surface area contributed by atoms with Crippen LogP contribution in [0.15, 0.2) is 85.1 Å². The van der Waals surface area contributed by atoms with Gasteiger partial charge >= 0.3 is 18.4 Å². The Labute approximate surface area is 323 Å². The fourth-order valence-corrected chi connectivity index (χ4v) is 7.68. The van der Waals surface area contributed by atoms with Crippen molar-refractivity contribution < 1.29 is 40.6 Å². The number of carbonyl (C=O) groups excluding carboxylic acids is 1. The summed E-state index contributed by atoms with van der Waals surface area (Å²) in [5, 5.41) is 6.15. The van der Waals surface area contributed by atoms with Crippen LogP contribution in [0.25, 0.3) is 22.5 Å². The minimum atomic E-state index is -4.48. The van der Waals surface area contributed by atoms with Crippen molar-refractivity contribution in [1.82, 2.24) is 15.0 Å². The van der Waals surface area contributed by atoms with Gasteiger partial charge in [-0.05, 0) is 49.2 Å². The number of hydrogen-bond donors (Lipinski definition) is 2. The molecule has 57 heavy (non-hydrogen) atoms. The van der Waals surface area contributed by atoms with Gasteiger partial charge in [-0.3, -0.25) is 10.2 Å². The standard InChI is InChI=1S/C23H20F3N5O2.C17H16F3N3O/c1-33-18-12-17(14-5-4-6-15(11-14)23(24,25)26)28-21-20(18)30-10-8-16(13-30)31(21)22(32)29-19-7-2-3-9-27-19;1-24-14-8-13(10-3-2-4-11(7-10)17(18,19)20)22-16-15(14)23-6-5-12(9-23)21-16/h2-7,9,11-12,16H,8,10,13H2,1H3,(H,27,29,32);2-4,7-8,12H,5-6,9H2,1H3,(H,21,22)/t16-;12-/m00/s1. The Bertz CT molecular complexity index is 2310. The van der Waals surface area contributed by atoms with Crippen molar-refractivity contribution in [2.45, 2.75) is 37.3 Å². The Morgan fingerprint density at radius 1 is 0.754 bits per heavy atom. The van der Waals surface area contributed by atoms with E-state index in [1.807, 2.05) is 0 Å². The highest BCUT2D eigenvalue weighted by atomic mass is 19.4. The molecule has 4 aliphatic rings. The molecule has 2 saturated heterocycles. The van der Waals surface area contributed by atoms with Crippen molar-refractivity contribution in [3.05, 3.63) is 96.2 Å². The van der Waals surface area contributed by atoms with Gasteiger partial charge in [0.25, 0.3) is 0 Å². The fourth-order valence-electron chi connectivity index (χ4n) is 7.68. The van der Waals surface area contributed by atoms with Gasteiger partial charge in [-0.1, -0.05) is 30.3 Å². The lowest BCUT2D eigenvalue weighted by Crippen LogP contribution is -2.48. The number of fused-ring (bicyclic) bond motifs is 8. The maximum absolute atomic E-state index is 13.3. The summed E-state index contributed by atoms with van der Waals surface area (Å²) in [4.78, 5) is 32.5. The van der Waals surface area contributed by atoms with Gasteiger partial charge in [0.15, 0.2) is 11.6 Å². The number of pyridine rings is 3. The topological polar surface area (TPSA) is 108 Å². The molecule has 2 aromatic carbocycles. The van der Waals surface area contributed by atoms with E-state index < -0.39 is 29.5 Å². The summed E-state index contributed by atoms with van der Waals surface area (Å²) >= 11 is 0. The highest BCUT2D eigenvalue weighted by Crippen LogP contribution is 2.47. The predicted molar refractivity (Wildman–Crippen MR) is 203 cm³/mol. The quantitative estimate of drug-likeness (QED) is 0.169. The predicted octanol–water partition coefficient (Wildman–Crippen LogP) is 8.58. The van der Waals surface area contributed by atoms with Crippen molar-refractivity contribution >= 4 is 34.9 Å². The molecule has 2 atom stereocenters. The van der Waals surface area contributed by atoms with E-state index in [4.69, 9.17) is 9.47 Å². The molecule has 0 saturated carbocycles. The number of rotatable bonds is 5. The van der Waals surface area contributed by atoms with E-state index in [1.54, 1.807) is 60.7 Å². The number of nitrogens with one attached hydrogen (secondary N) is 2. The first kappa shape index (κ1) is 37.7. The molecule has 0 radical (unpaired) electrons. The summed E-state index contributed by atoms with van der Waals surface area (Å²) in [5.74, 6) is 2.49. The van der Waals surface area contributed by atoms with E-state index in [0.29, 0.717) is 65.0 Å². The summed E-state index contributed by atoms with van der Waals surface area (Å²) in [6, 6.07) is 18.4. The average molecular weight is 791 g/mol. The molecule has 7 heterocycles. The van der Waals surface area contributed by atoms with Gasteiger partial charge in [0.2, 0.25) is 0 Å². The molecule has 3 aromatic heterocycles. The zero-order valence-electron chi connectivity index (χ0n) is 30.7. The molecule has 0 unspecified atom stereocenters. The Balaban J connectivity index is 0.000000168. The molecule has 9 rings (SSSR count). The Morgan fingerprint density at radius 3 is 1.98 bits per heavy atom. The summed E-state index contributed by atoms with van der Waals surface area (Å²) < 4.78 is 89.7. The van der Waals surface area contributed by atoms with Crippen LogP contribution in [0.1, 0.15) is 24.0 Å². The number of aromatic nitrogens is 3. The molecule has 2 N–H and O–H groups in total. The second kappa shape index (κ2) is 14.7. The molecule has 0 spiro atoms. The number of hydrogen-bond acceptors (Lipinski definition) is 9. The average Bonchev–Trinajstić information content (AvgIpc) is 3.80. The maximum Gasteiger partial charge on any atom is 0.416 e. The van der Waals surface area contributed by atoms with Crippen LogP contribution in [0, 0.1) is 0 Å². The monoisotopic (exact) mass is 790 g/mol. The van der Waals surface area contributed by atoms with Crippen molar-refractivity contribution in [3.63, 3.8) is 0 Å². The number of carbonyl (C=O) groups is 1. The van der Waals surface area contributed by atoms with Crippen LogP contribution in [0.3, 0.4) is 0 Å². The lowest BCUT2D eigenvalue weighted by Gasteiger charge is -2.36. The van der Waals surface area contributed by atoms with Crippen LogP contribution in [0.2, 0.25) is 0 Å². The Hall–Kier alpha value is -6.26. The number of anilines is 5. The third-order valence-electron chi connectivity index (χ3n) is 10.3. The number of alkyl halides is 6. The third-order valence-corrected chi connectivity index (χ3v) is 10.3. The van der Waals surface area contributed by atoms with Crippen molar-refractivity contribution in [2.75, 3.05) is 65.7 Å². The first-order valence-corrected chi connectivity index (χ1v) is 18.1. The summed E-state index contributed by atoms with van der Waals surface area (Å²) in [6.45, 7) is 3.15. The van der Waals surface area contributed by atoms with Crippen molar-refractivity contribution in [1.29, 1.82) is 0 Å². The summed E-state index contributed by atoms with van der Waals surface area (Å²) in [5.41, 5.74) is 1.54. The maximum atomic E-state index is 13.3. The minimum Gasteiger partial charge on any atom is -0.494 e. The van der Waals surface area contributed by atoms with E-state index in [9.17, 15) is 31.1 Å². The third kappa shape index (κ3) is 7.40. The van der Waals surface area contributed by atoms with Crippen LogP contribution in [0.5, 0.6) is 11.5 Å². The molecular weight excluding hydrogens is 754 g/mol. The van der Waals surface area contributed by atoms with Gasteiger partial charge in [-0.2, -0.15) is 26.3 Å². The van der Waals surface area contributed by atoms with Gasteiger partial charge in [0.1, 0.15) is 28.7 Å². The molecule has 4 bridgehead atoms. The lowest BCUT2D eigenvalue weighted by atomic mass is 10.1. The molecule has 5 aromatic rings. The van der Waals surface area contributed by atoms with E-state index in [0.717, 1.165) is 55.9 Å². The van der Waals surface area contributed by atoms with Gasteiger partial charge < -0.3 is 24.6 Å². The number of nitrogens with zero attached hydrogens (tertiary/aromatic N) is 6. The van der Waals surface area contributed by atoms with E-state index >= 15 is 0 Å². The number of methoxy groups -OCH3 is 2. The second-order valence-electron chi connectivity index (χ2n) is 13.9. The van der Waals surface area contributed by atoms with Crippen LogP contribution in [-0.2, 0) is 12.4 Å². The molecular formula is C40H36F6N8O3. The fraction of sp³-hybridized carbons (Fsp3) is 0.300. The van der Waals surface area contributed by atoms with Crippen molar-refractivity contribution in [2.24, 2.45) is 0 Å². The first-order chi connectivity index (χ1) is 27.3. The second-order valence-corrected chi connectivity index (χ2v) is 13.9. The van der Waals surface area contributed by atoms with Crippen LogP contribution in [0.4, 0.5) is 60.0 Å². The highest BCUT2D eigenvalue weighted by molar-refractivity contribution is 6.05. The Kier molecular flexibility index (Phi) is 9.69. The largest absolute Gasteiger partial charge is 0.494 e. The van der Waals surface area contributed by atoms with E-state index in [2.05, 4.69) is 35.4 Å². The molecule has 296 valence electrons. The van der Waals surface area contributed by atoms with Crippen molar-refractivity contribution in [3.8, 4) is 34.0 Å². The number of benzene rings is 2. The molecule has 0 aliphatic carbocycles. The van der Waals surface area contributed by atoms with Gasteiger partial charge in [-0.15, -0.1) is 0 Å². The zero-order valence-corrected chi connectivity index (χ0v) is 30.7. The highest BCUT2D eigenvalue weighted by Gasteiger charge is 2.43. The van der Waals surface area contributed by atoms with Crippen LogP contribution in [-0.4, -0.2) is 73.5 Å². The van der Waals surface area contributed by atoms with E-state index in [1.165, 1.54) is 19.2 Å². The number of amides is 2. The SMILES string of the molecule is COc1cc(-c2cccc(C(F)(F)F)c2)nc2c1N1CC[C@@H](C1)N2.COc1cc(-c2cccc(C(F)(F)F)c2)nc2c1N1CC[C@@H](C1)N2C(=O)Nc1ccccn1. The van der Waals surface area contributed by atoms with Gasteiger partial charge in [0, 0.05) is 61.7 Å². The van der Waals surface area contributed by atoms with Crippen LogP contribution < -0.4 is 34.8 Å². The van der Waals surface area contributed by atoms with Gasteiger partial charge in [0.05, 0.1) is 42.8 Å². The number of ether oxygens (including phenoxy) is 2. The van der Waals surface area contributed by atoms with Gasteiger partial charge in [-0.25, -0.2) is 19.7 Å². The smallest absolute Gasteiger partial charge is 0.416 e.